The monoisotopic (exact) mass is 387 g/mol. The molecule has 1 unspecified atom stereocenters. The van der Waals surface area contributed by atoms with Crippen LogP contribution in [0.3, 0.4) is 0 Å². The number of halogens is 1. The first-order valence-corrected chi connectivity index (χ1v) is 8.69. The van der Waals surface area contributed by atoms with Gasteiger partial charge in [0.1, 0.15) is 0 Å². The van der Waals surface area contributed by atoms with E-state index in [-0.39, 0.29) is 12.2 Å². The van der Waals surface area contributed by atoms with Crippen LogP contribution in [0, 0.1) is 0 Å². The van der Waals surface area contributed by atoms with E-state index < -0.39 is 11.5 Å². The number of nitrogens with one attached hydrogen (secondary N) is 1. The van der Waals surface area contributed by atoms with Gasteiger partial charge in [0.15, 0.2) is 11.4 Å². The van der Waals surface area contributed by atoms with Crippen LogP contribution in [0.4, 0.5) is 5.69 Å². The number of carbonyl (C=O) groups is 2. The van der Waals surface area contributed by atoms with Gasteiger partial charge in [-0.1, -0.05) is 53.5 Å². The Morgan fingerprint density at radius 2 is 1.92 bits per heavy atom. The van der Waals surface area contributed by atoms with Crippen LogP contribution in [-0.2, 0) is 16.8 Å². The fraction of sp³-hybridized carbons (Fsp3) is 0.263. The summed E-state index contributed by atoms with van der Waals surface area (Å²) < 4.78 is 0.743. The number of Topliss-reactive ketones (excluding diaryl/α,β-unsaturated/α-hetero) is 1. The normalized spacial score (nSPS) is 19.0. The minimum Gasteiger partial charge on any atom is -0.375 e. The van der Waals surface area contributed by atoms with E-state index >= 15 is 0 Å². The number of fused-ring (bicyclic) bond motifs is 1. The van der Waals surface area contributed by atoms with E-state index in [1.165, 1.54) is 5.56 Å². The molecule has 0 aliphatic carbocycles. The van der Waals surface area contributed by atoms with Crippen molar-refractivity contribution in [2.75, 3.05) is 5.32 Å². The average Bonchev–Trinajstić information content (AvgIpc) is 2.79. The molecule has 0 bridgehead atoms. The van der Waals surface area contributed by atoms with Crippen molar-refractivity contribution >= 4 is 33.3 Å². The largest absolute Gasteiger partial charge is 0.375 e. The van der Waals surface area contributed by atoms with Crippen LogP contribution in [0.5, 0.6) is 0 Å². The molecule has 0 aromatic heterocycles. The van der Waals surface area contributed by atoms with E-state index in [0.29, 0.717) is 16.8 Å². The van der Waals surface area contributed by atoms with Gasteiger partial charge in [-0.3, -0.25) is 9.59 Å². The molecule has 0 saturated heterocycles. The van der Waals surface area contributed by atoms with E-state index in [4.69, 9.17) is 0 Å². The van der Waals surface area contributed by atoms with Crippen molar-refractivity contribution in [2.45, 2.75) is 31.8 Å². The van der Waals surface area contributed by atoms with Gasteiger partial charge in [0.2, 0.25) is 0 Å². The highest BCUT2D eigenvalue weighted by Gasteiger charge is 2.46. The molecule has 1 atom stereocenters. The van der Waals surface area contributed by atoms with Gasteiger partial charge in [0, 0.05) is 21.3 Å². The highest BCUT2D eigenvalue weighted by Crippen LogP contribution is 2.40. The van der Waals surface area contributed by atoms with Gasteiger partial charge in [-0.2, -0.15) is 0 Å². The molecule has 0 saturated carbocycles. The number of carbonyl (C=O) groups excluding carboxylic acids is 2. The van der Waals surface area contributed by atoms with Crippen LogP contribution in [0.2, 0.25) is 0 Å². The summed E-state index contributed by atoms with van der Waals surface area (Å²) in [7, 11) is 0. The van der Waals surface area contributed by atoms with Gasteiger partial charge < -0.3 is 10.4 Å². The van der Waals surface area contributed by atoms with Gasteiger partial charge in [0.25, 0.3) is 5.91 Å². The molecule has 24 heavy (non-hydrogen) atoms. The van der Waals surface area contributed by atoms with Crippen LogP contribution in [0.15, 0.2) is 46.9 Å². The summed E-state index contributed by atoms with van der Waals surface area (Å²) in [6.45, 7) is 2.10. The maximum absolute atomic E-state index is 12.6. The highest BCUT2D eigenvalue weighted by atomic mass is 79.9. The van der Waals surface area contributed by atoms with Crippen molar-refractivity contribution in [3.63, 3.8) is 0 Å². The molecule has 0 radical (unpaired) electrons. The first kappa shape index (κ1) is 16.9. The van der Waals surface area contributed by atoms with E-state index in [0.717, 1.165) is 17.3 Å². The predicted molar refractivity (Wildman–Crippen MR) is 96.1 cm³/mol. The molecule has 0 fully saturated rings. The van der Waals surface area contributed by atoms with Gasteiger partial charge in [0.05, 0.1) is 6.42 Å². The molecule has 3 rings (SSSR count). The molecule has 1 amide bonds. The summed E-state index contributed by atoms with van der Waals surface area (Å²) in [6.07, 6.45) is 1.72. The van der Waals surface area contributed by atoms with Gasteiger partial charge in [-0.15, -0.1) is 0 Å². The van der Waals surface area contributed by atoms with Gasteiger partial charge in [-0.05, 0) is 30.2 Å². The zero-order valence-corrected chi connectivity index (χ0v) is 14.9. The Kier molecular flexibility index (Phi) is 4.56. The van der Waals surface area contributed by atoms with Crippen LogP contribution < -0.4 is 5.32 Å². The number of rotatable bonds is 5. The second-order valence-corrected chi connectivity index (χ2v) is 6.97. The molecular weight excluding hydrogens is 370 g/mol. The van der Waals surface area contributed by atoms with Crippen molar-refractivity contribution in [3.8, 4) is 0 Å². The van der Waals surface area contributed by atoms with E-state index in [2.05, 4.69) is 28.2 Å². The molecule has 5 heteroatoms. The lowest BCUT2D eigenvalue weighted by molar-refractivity contribution is -0.133. The molecule has 124 valence electrons. The molecule has 4 nitrogen and oxygen atoms in total. The Morgan fingerprint density at radius 3 is 2.58 bits per heavy atom. The summed E-state index contributed by atoms with van der Waals surface area (Å²) in [4.78, 5) is 24.8. The Morgan fingerprint density at radius 1 is 1.21 bits per heavy atom. The summed E-state index contributed by atoms with van der Waals surface area (Å²) >= 11 is 3.34. The minimum atomic E-state index is -1.84. The molecule has 1 heterocycles. The zero-order valence-electron chi connectivity index (χ0n) is 13.3. The third-order valence-corrected chi connectivity index (χ3v) is 4.78. The van der Waals surface area contributed by atoms with Crippen molar-refractivity contribution < 1.29 is 14.7 Å². The Balaban J connectivity index is 1.86. The smallest absolute Gasteiger partial charge is 0.261 e. The first-order valence-electron chi connectivity index (χ1n) is 7.90. The summed E-state index contributed by atoms with van der Waals surface area (Å²) in [5, 5.41) is 13.5. The number of ketones is 1. The Labute approximate surface area is 149 Å². The average molecular weight is 388 g/mol. The zero-order chi connectivity index (χ0) is 17.3. The Bertz CT molecular complexity index is 801. The summed E-state index contributed by atoms with van der Waals surface area (Å²) in [5.74, 6) is -0.824. The van der Waals surface area contributed by atoms with Crippen molar-refractivity contribution in [2.24, 2.45) is 0 Å². The third-order valence-electron chi connectivity index (χ3n) is 4.28. The summed E-state index contributed by atoms with van der Waals surface area (Å²) in [5.41, 5.74) is 0.799. The standard InChI is InChI=1S/C19H18BrNO3/c1-2-3-12-4-6-13(7-5-12)17(22)11-19(24)15-10-14(20)8-9-16(15)21-18(19)23/h4-10,24H,2-3,11H2,1H3,(H,21,23). The maximum atomic E-state index is 12.6. The quantitative estimate of drug-likeness (QED) is 0.766. The number of aryl methyl sites for hydroxylation is 1. The van der Waals surface area contributed by atoms with Crippen LogP contribution in [-0.4, -0.2) is 16.8 Å². The minimum absolute atomic E-state index is 0.261. The second kappa shape index (κ2) is 6.49. The number of benzene rings is 2. The number of anilines is 1. The number of amides is 1. The maximum Gasteiger partial charge on any atom is 0.261 e. The van der Waals surface area contributed by atoms with Crippen molar-refractivity contribution in [1.29, 1.82) is 0 Å². The van der Waals surface area contributed by atoms with Crippen LogP contribution >= 0.6 is 15.9 Å². The molecule has 1 aliphatic heterocycles. The Hall–Kier alpha value is -1.98. The highest BCUT2D eigenvalue weighted by molar-refractivity contribution is 9.10. The van der Waals surface area contributed by atoms with Crippen LogP contribution in [0.25, 0.3) is 0 Å². The van der Waals surface area contributed by atoms with E-state index in [1.54, 1.807) is 30.3 Å². The molecule has 1 aliphatic rings. The summed E-state index contributed by atoms with van der Waals surface area (Å²) in [6, 6.07) is 12.5. The molecule has 2 N–H and O–H groups in total. The van der Waals surface area contributed by atoms with Crippen molar-refractivity contribution in [1.82, 2.24) is 0 Å². The first-order chi connectivity index (χ1) is 11.4. The van der Waals surface area contributed by atoms with Crippen molar-refractivity contribution in [3.05, 3.63) is 63.6 Å². The topological polar surface area (TPSA) is 66.4 Å². The van der Waals surface area contributed by atoms with E-state index in [1.807, 2.05) is 12.1 Å². The lowest BCUT2D eigenvalue weighted by Gasteiger charge is -2.20. The number of hydrogen-bond acceptors (Lipinski definition) is 3. The predicted octanol–water partition coefficient (Wildman–Crippen LogP) is 3.81. The SMILES string of the molecule is CCCc1ccc(C(=O)CC2(O)C(=O)Nc3ccc(Br)cc32)cc1. The second-order valence-electron chi connectivity index (χ2n) is 6.05. The third kappa shape index (κ3) is 3.01. The molecule has 2 aromatic carbocycles. The molecular formula is C19H18BrNO3. The van der Waals surface area contributed by atoms with Gasteiger partial charge >= 0.3 is 0 Å². The van der Waals surface area contributed by atoms with Gasteiger partial charge in [-0.25, -0.2) is 0 Å². The lowest BCUT2D eigenvalue weighted by Crippen LogP contribution is -2.36. The number of aliphatic hydroxyl groups is 1. The fourth-order valence-corrected chi connectivity index (χ4v) is 3.33. The fourth-order valence-electron chi connectivity index (χ4n) is 2.97. The lowest BCUT2D eigenvalue weighted by atomic mass is 9.88. The van der Waals surface area contributed by atoms with Crippen LogP contribution in [0.1, 0.15) is 41.3 Å². The van der Waals surface area contributed by atoms with E-state index in [9.17, 15) is 14.7 Å². The molecule has 0 spiro atoms. The molecule has 2 aromatic rings. The number of hydrogen-bond donors (Lipinski definition) is 2.